The third-order valence-electron chi connectivity index (χ3n) is 4.16. The molecule has 0 N–H and O–H groups in total. The van der Waals surface area contributed by atoms with E-state index in [1.807, 2.05) is 13.0 Å². The lowest BCUT2D eigenvalue weighted by molar-refractivity contribution is 0.575. The molecule has 0 saturated carbocycles. The van der Waals surface area contributed by atoms with Gasteiger partial charge in [-0.25, -0.2) is 9.67 Å². The summed E-state index contributed by atoms with van der Waals surface area (Å²) in [7, 11) is 0. The highest BCUT2D eigenvalue weighted by atomic mass is 15.3. The van der Waals surface area contributed by atoms with E-state index in [1.165, 1.54) is 44.1 Å². The van der Waals surface area contributed by atoms with Gasteiger partial charge in [0.1, 0.15) is 11.6 Å². The lowest BCUT2D eigenvalue weighted by Gasteiger charge is -2.07. The van der Waals surface area contributed by atoms with Crippen molar-refractivity contribution in [1.82, 2.24) is 14.8 Å². The lowest BCUT2D eigenvalue weighted by atomic mass is 10.1. The fourth-order valence-electron chi connectivity index (χ4n) is 2.81. The maximum Gasteiger partial charge on any atom is 0.147 e. The summed E-state index contributed by atoms with van der Waals surface area (Å²) in [6.45, 7) is 8.82. The number of rotatable bonds is 10. The molecule has 0 aliphatic heterocycles. The zero-order valence-corrected chi connectivity index (χ0v) is 14.6. The first-order chi connectivity index (χ1) is 11.2. The Morgan fingerprint density at radius 3 is 2.43 bits per heavy atom. The van der Waals surface area contributed by atoms with E-state index in [2.05, 4.69) is 52.5 Å². The van der Waals surface area contributed by atoms with E-state index < -0.39 is 0 Å². The summed E-state index contributed by atoms with van der Waals surface area (Å²) in [6.07, 6.45) is 10.7. The number of benzene rings is 1. The molecule has 2 rings (SSSR count). The minimum Gasteiger partial charge on any atom is -0.245 e. The molecule has 23 heavy (non-hydrogen) atoms. The summed E-state index contributed by atoms with van der Waals surface area (Å²) in [6, 6.07) is 8.48. The van der Waals surface area contributed by atoms with Gasteiger partial charge in [0.2, 0.25) is 0 Å². The van der Waals surface area contributed by atoms with Crippen molar-refractivity contribution in [3.63, 3.8) is 0 Å². The van der Waals surface area contributed by atoms with Crippen LogP contribution < -0.4 is 0 Å². The average molecular weight is 311 g/mol. The second-order valence-corrected chi connectivity index (χ2v) is 6.20. The van der Waals surface area contributed by atoms with Crippen LogP contribution in [0.25, 0.3) is 6.08 Å². The van der Waals surface area contributed by atoms with Crippen LogP contribution in [0.4, 0.5) is 0 Å². The number of aryl methyl sites for hydroxylation is 2. The van der Waals surface area contributed by atoms with E-state index in [9.17, 15) is 0 Å². The molecule has 0 fully saturated rings. The molecular weight excluding hydrogens is 282 g/mol. The number of hydrogen-bond acceptors (Lipinski definition) is 2. The standard InChI is InChI=1S/C20H29N3/c1-4-6-7-8-9-10-11-20-21-17(3)22-23(20)16-19-14-12-18(5-2)13-15-19/h5,12-15H,2,4,6-11,16H2,1,3H3. The normalized spacial score (nSPS) is 10.9. The molecule has 1 aromatic heterocycles. The Balaban J connectivity index is 1.90. The van der Waals surface area contributed by atoms with Gasteiger partial charge < -0.3 is 0 Å². The van der Waals surface area contributed by atoms with Crippen LogP contribution in [0, 0.1) is 6.92 Å². The van der Waals surface area contributed by atoms with Gasteiger partial charge in [-0.2, -0.15) is 5.10 Å². The quantitative estimate of drug-likeness (QED) is 0.566. The van der Waals surface area contributed by atoms with Crippen LogP contribution in [0.1, 0.15) is 68.2 Å². The van der Waals surface area contributed by atoms with Crippen molar-refractivity contribution in [3.05, 3.63) is 53.6 Å². The third-order valence-corrected chi connectivity index (χ3v) is 4.16. The van der Waals surface area contributed by atoms with Crippen molar-refractivity contribution in [1.29, 1.82) is 0 Å². The highest BCUT2D eigenvalue weighted by Crippen LogP contribution is 2.12. The van der Waals surface area contributed by atoms with Gasteiger partial charge in [-0.15, -0.1) is 0 Å². The van der Waals surface area contributed by atoms with E-state index >= 15 is 0 Å². The summed E-state index contributed by atoms with van der Waals surface area (Å²) in [4.78, 5) is 4.61. The Bertz CT molecular complexity index is 596. The molecule has 0 saturated heterocycles. The molecule has 2 aromatic rings. The highest BCUT2D eigenvalue weighted by Gasteiger charge is 2.08. The van der Waals surface area contributed by atoms with Gasteiger partial charge in [-0.05, 0) is 24.5 Å². The number of nitrogens with zero attached hydrogens (tertiary/aromatic N) is 3. The van der Waals surface area contributed by atoms with E-state index in [4.69, 9.17) is 0 Å². The maximum atomic E-state index is 4.61. The van der Waals surface area contributed by atoms with E-state index in [-0.39, 0.29) is 0 Å². The number of unbranched alkanes of at least 4 members (excludes halogenated alkanes) is 5. The predicted octanol–water partition coefficient (Wildman–Crippen LogP) is 5.18. The number of hydrogen-bond donors (Lipinski definition) is 0. The summed E-state index contributed by atoms with van der Waals surface area (Å²) < 4.78 is 2.06. The summed E-state index contributed by atoms with van der Waals surface area (Å²) in [5.41, 5.74) is 2.40. The van der Waals surface area contributed by atoms with Crippen LogP contribution >= 0.6 is 0 Å². The van der Waals surface area contributed by atoms with Crippen molar-refractivity contribution in [2.75, 3.05) is 0 Å². The van der Waals surface area contributed by atoms with Crippen molar-refractivity contribution >= 4 is 6.08 Å². The Labute approximate surface area is 140 Å². The highest BCUT2D eigenvalue weighted by molar-refractivity contribution is 5.47. The molecule has 0 bridgehead atoms. The smallest absolute Gasteiger partial charge is 0.147 e. The fourth-order valence-corrected chi connectivity index (χ4v) is 2.81. The van der Waals surface area contributed by atoms with Crippen LogP contribution in [0.5, 0.6) is 0 Å². The van der Waals surface area contributed by atoms with Crippen LogP contribution in [0.15, 0.2) is 30.8 Å². The van der Waals surface area contributed by atoms with Gasteiger partial charge in [-0.1, -0.05) is 75.9 Å². The van der Waals surface area contributed by atoms with Crippen LogP contribution in [-0.2, 0) is 13.0 Å². The van der Waals surface area contributed by atoms with E-state index in [1.54, 1.807) is 0 Å². The van der Waals surface area contributed by atoms with E-state index in [0.717, 1.165) is 30.2 Å². The van der Waals surface area contributed by atoms with E-state index in [0.29, 0.717) is 0 Å². The molecule has 0 aliphatic rings. The molecule has 0 spiro atoms. The second kappa shape index (κ2) is 9.29. The first-order valence-corrected chi connectivity index (χ1v) is 8.84. The molecule has 0 unspecified atom stereocenters. The first kappa shape index (κ1) is 17.5. The van der Waals surface area contributed by atoms with Gasteiger partial charge in [-0.3, -0.25) is 0 Å². The maximum absolute atomic E-state index is 4.61. The third kappa shape index (κ3) is 5.66. The predicted molar refractivity (Wildman–Crippen MR) is 97.5 cm³/mol. The lowest BCUT2D eigenvalue weighted by Crippen LogP contribution is -2.07. The van der Waals surface area contributed by atoms with Crippen LogP contribution in [0.2, 0.25) is 0 Å². The van der Waals surface area contributed by atoms with Crippen molar-refractivity contribution < 1.29 is 0 Å². The first-order valence-electron chi connectivity index (χ1n) is 8.84. The molecule has 3 heteroatoms. The summed E-state index contributed by atoms with van der Waals surface area (Å²) in [5, 5.41) is 4.56. The Hall–Kier alpha value is -1.90. The van der Waals surface area contributed by atoms with Crippen molar-refractivity contribution in [2.45, 2.75) is 65.3 Å². The molecule has 1 heterocycles. The fraction of sp³-hybridized carbons (Fsp3) is 0.500. The summed E-state index contributed by atoms with van der Waals surface area (Å²) >= 11 is 0. The van der Waals surface area contributed by atoms with Crippen molar-refractivity contribution in [3.8, 4) is 0 Å². The Morgan fingerprint density at radius 1 is 1.04 bits per heavy atom. The van der Waals surface area contributed by atoms with Crippen LogP contribution in [0.3, 0.4) is 0 Å². The number of aromatic nitrogens is 3. The minimum absolute atomic E-state index is 0.795. The van der Waals surface area contributed by atoms with Crippen LogP contribution in [-0.4, -0.2) is 14.8 Å². The largest absolute Gasteiger partial charge is 0.245 e. The van der Waals surface area contributed by atoms with Gasteiger partial charge in [0.05, 0.1) is 6.54 Å². The minimum atomic E-state index is 0.795. The van der Waals surface area contributed by atoms with Gasteiger partial charge in [0.15, 0.2) is 0 Å². The SMILES string of the molecule is C=Cc1ccc(Cn2nc(C)nc2CCCCCCCC)cc1. The van der Waals surface area contributed by atoms with Gasteiger partial charge in [0.25, 0.3) is 0 Å². The average Bonchev–Trinajstić information content (AvgIpc) is 2.91. The molecule has 0 aliphatic carbocycles. The Morgan fingerprint density at radius 2 is 1.74 bits per heavy atom. The topological polar surface area (TPSA) is 30.7 Å². The molecule has 0 radical (unpaired) electrons. The molecule has 3 nitrogen and oxygen atoms in total. The molecule has 0 atom stereocenters. The molecular formula is C20H29N3. The van der Waals surface area contributed by atoms with Gasteiger partial charge >= 0.3 is 0 Å². The summed E-state index contributed by atoms with van der Waals surface area (Å²) in [5.74, 6) is 1.99. The second-order valence-electron chi connectivity index (χ2n) is 6.20. The molecule has 124 valence electrons. The van der Waals surface area contributed by atoms with Gasteiger partial charge in [0, 0.05) is 6.42 Å². The Kier molecular flexibility index (Phi) is 7.05. The monoisotopic (exact) mass is 311 g/mol. The zero-order chi connectivity index (χ0) is 16.5. The molecule has 1 aromatic carbocycles. The van der Waals surface area contributed by atoms with Crippen molar-refractivity contribution in [2.24, 2.45) is 0 Å². The zero-order valence-electron chi connectivity index (χ0n) is 14.6. The molecule has 0 amide bonds.